The second-order valence-electron chi connectivity index (χ2n) is 4.39. The van der Waals surface area contributed by atoms with E-state index in [-0.39, 0.29) is 0 Å². The Labute approximate surface area is 104 Å². The van der Waals surface area contributed by atoms with Gasteiger partial charge in [0, 0.05) is 6.61 Å². The van der Waals surface area contributed by atoms with Gasteiger partial charge in [0.05, 0.1) is 6.54 Å². The van der Waals surface area contributed by atoms with Crippen LogP contribution >= 0.6 is 0 Å². The Balaban J connectivity index is 1.93. The highest BCUT2D eigenvalue weighted by Gasteiger charge is 2.00. The third-order valence-electron chi connectivity index (χ3n) is 2.81. The van der Waals surface area contributed by atoms with Crippen LogP contribution in [-0.2, 0) is 17.9 Å². The molecule has 1 aromatic heterocycles. The molecule has 1 heterocycles. The molecular weight excluding hydrogens is 214 g/mol. The van der Waals surface area contributed by atoms with E-state index in [0.717, 1.165) is 24.5 Å². The van der Waals surface area contributed by atoms with E-state index in [1.54, 1.807) is 0 Å². The van der Waals surface area contributed by atoms with Crippen molar-refractivity contribution < 1.29 is 9.15 Å². The maximum atomic E-state index is 5.55. The summed E-state index contributed by atoms with van der Waals surface area (Å²) in [7, 11) is 0. The molecule has 0 bridgehead atoms. The Morgan fingerprint density at radius 3 is 2.47 bits per heavy atom. The largest absolute Gasteiger partial charge is 0.462 e. The molecule has 0 saturated carbocycles. The molecule has 3 nitrogen and oxygen atoms in total. The van der Waals surface area contributed by atoms with Crippen LogP contribution < -0.4 is 5.73 Å². The average Bonchev–Trinajstić information content (AvgIpc) is 2.80. The van der Waals surface area contributed by atoms with Crippen molar-refractivity contribution in [2.75, 3.05) is 6.61 Å². The van der Waals surface area contributed by atoms with E-state index < -0.39 is 0 Å². The quantitative estimate of drug-likeness (QED) is 0.634. The fraction of sp³-hybridized carbons (Fsp3) is 0.714. The van der Waals surface area contributed by atoms with Crippen molar-refractivity contribution in [1.82, 2.24) is 0 Å². The molecule has 0 aromatic carbocycles. The Morgan fingerprint density at radius 2 is 1.76 bits per heavy atom. The molecule has 0 atom stereocenters. The third-order valence-corrected chi connectivity index (χ3v) is 2.81. The molecule has 0 aliphatic rings. The molecular formula is C14H25NO2. The van der Waals surface area contributed by atoms with Crippen molar-refractivity contribution in [2.45, 2.75) is 58.6 Å². The van der Waals surface area contributed by atoms with Gasteiger partial charge in [0.25, 0.3) is 0 Å². The van der Waals surface area contributed by atoms with E-state index in [1.165, 1.54) is 32.1 Å². The predicted molar refractivity (Wildman–Crippen MR) is 69.6 cm³/mol. The number of nitrogens with two attached hydrogens (primary N) is 1. The average molecular weight is 239 g/mol. The Morgan fingerprint density at radius 1 is 1.06 bits per heavy atom. The highest BCUT2D eigenvalue weighted by molar-refractivity contribution is 5.05. The zero-order valence-electron chi connectivity index (χ0n) is 10.9. The van der Waals surface area contributed by atoms with Crippen LogP contribution in [0.5, 0.6) is 0 Å². The minimum atomic E-state index is 0.456. The van der Waals surface area contributed by atoms with E-state index in [4.69, 9.17) is 14.9 Å². The number of furan rings is 1. The van der Waals surface area contributed by atoms with Crippen LogP contribution in [0.15, 0.2) is 16.5 Å². The van der Waals surface area contributed by atoms with Crippen molar-refractivity contribution in [1.29, 1.82) is 0 Å². The van der Waals surface area contributed by atoms with Gasteiger partial charge < -0.3 is 14.9 Å². The van der Waals surface area contributed by atoms with Crippen molar-refractivity contribution in [3.8, 4) is 0 Å². The van der Waals surface area contributed by atoms with Gasteiger partial charge in [-0.1, -0.05) is 39.0 Å². The first-order valence-electron chi connectivity index (χ1n) is 6.72. The van der Waals surface area contributed by atoms with Gasteiger partial charge in [-0.25, -0.2) is 0 Å². The molecule has 0 aliphatic carbocycles. The molecule has 0 unspecified atom stereocenters. The lowest BCUT2D eigenvalue weighted by Gasteiger charge is -2.02. The summed E-state index contributed by atoms with van der Waals surface area (Å²) in [6, 6.07) is 3.84. The summed E-state index contributed by atoms with van der Waals surface area (Å²) in [6.07, 6.45) is 7.76. The lowest BCUT2D eigenvalue weighted by Crippen LogP contribution is -1.95. The molecule has 0 amide bonds. The van der Waals surface area contributed by atoms with Gasteiger partial charge in [-0.15, -0.1) is 0 Å². The highest BCUT2D eigenvalue weighted by Crippen LogP contribution is 2.09. The minimum absolute atomic E-state index is 0.456. The first-order chi connectivity index (χ1) is 8.36. The van der Waals surface area contributed by atoms with Crippen LogP contribution in [0, 0.1) is 0 Å². The van der Waals surface area contributed by atoms with Crippen LogP contribution in [0.4, 0.5) is 0 Å². The minimum Gasteiger partial charge on any atom is -0.462 e. The lowest BCUT2D eigenvalue weighted by molar-refractivity contribution is 0.101. The molecule has 3 heteroatoms. The van der Waals surface area contributed by atoms with E-state index in [0.29, 0.717) is 13.2 Å². The summed E-state index contributed by atoms with van der Waals surface area (Å²) in [6.45, 7) is 4.08. The molecule has 0 spiro atoms. The molecule has 0 fully saturated rings. The summed E-state index contributed by atoms with van der Waals surface area (Å²) < 4.78 is 11.0. The Hall–Kier alpha value is -0.800. The van der Waals surface area contributed by atoms with Gasteiger partial charge in [0.1, 0.15) is 18.1 Å². The Bertz CT molecular complexity index is 284. The zero-order valence-corrected chi connectivity index (χ0v) is 10.9. The summed E-state index contributed by atoms with van der Waals surface area (Å²) in [5.41, 5.74) is 5.46. The van der Waals surface area contributed by atoms with Crippen LogP contribution in [0.25, 0.3) is 0 Å². The fourth-order valence-electron chi connectivity index (χ4n) is 1.77. The predicted octanol–water partition coefficient (Wildman–Crippen LogP) is 3.62. The zero-order chi connectivity index (χ0) is 12.3. The second-order valence-corrected chi connectivity index (χ2v) is 4.39. The van der Waals surface area contributed by atoms with Gasteiger partial charge in [0.2, 0.25) is 0 Å². The molecule has 0 radical (unpaired) electrons. The maximum absolute atomic E-state index is 5.55. The summed E-state index contributed by atoms with van der Waals surface area (Å²) in [5.74, 6) is 1.69. The summed E-state index contributed by atoms with van der Waals surface area (Å²) in [5, 5.41) is 0. The van der Waals surface area contributed by atoms with E-state index in [1.807, 2.05) is 12.1 Å². The fourth-order valence-corrected chi connectivity index (χ4v) is 1.77. The number of unbranched alkanes of at least 4 members (excludes halogenated alkanes) is 5. The van der Waals surface area contributed by atoms with E-state index in [2.05, 4.69) is 6.92 Å². The first-order valence-corrected chi connectivity index (χ1v) is 6.72. The Kier molecular flexibility index (Phi) is 7.76. The molecule has 1 aromatic rings. The molecule has 0 saturated heterocycles. The standard InChI is InChI=1S/C14H25NO2/c1-2-3-4-5-6-7-10-16-12-14-9-8-13(11-15)17-14/h8-9H,2-7,10-12,15H2,1H3. The van der Waals surface area contributed by atoms with Crippen molar-refractivity contribution in [3.05, 3.63) is 23.7 Å². The van der Waals surface area contributed by atoms with Crippen LogP contribution in [0.1, 0.15) is 57.0 Å². The van der Waals surface area contributed by atoms with Gasteiger partial charge >= 0.3 is 0 Å². The molecule has 2 N–H and O–H groups in total. The van der Waals surface area contributed by atoms with Crippen molar-refractivity contribution in [3.63, 3.8) is 0 Å². The van der Waals surface area contributed by atoms with Gasteiger partial charge in [-0.2, -0.15) is 0 Å². The summed E-state index contributed by atoms with van der Waals surface area (Å²) in [4.78, 5) is 0. The number of ether oxygens (including phenoxy) is 1. The number of hydrogen-bond donors (Lipinski definition) is 1. The maximum Gasteiger partial charge on any atom is 0.129 e. The summed E-state index contributed by atoms with van der Waals surface area (Å²) >= 11 is 0. The third kappa shape index (κ3) is 6.49. The molecule has 1 rings (SSSR count). The van der Waals surface area contributed by atoms with Gasteiger partial charge in [-0.05, 0) is 18.6 Å². The monoisotopic (exact) mass is 239 g/mol. The van der Waals surface area contributed by atoms with Gasteiger partial charge in [0.15, 0.2) is 0 Å². The van der Waals surface area contributed by atoms with Crippen molar-refractivity contribution >= 4 is 0 Å². The number of rotatable bonds is 10. The normalized spacial score (nSPS) is 10.9. The van der Waals surface area contributed by atoms with Crippen LogP contribution in [0.2, 0.25) is 0 Å². The molecule has 0 aliphatic heterocycles. The molecule has 98 valence electrons. The molecule has 17 heavy (non-hydrogen) atoms. The SMILES string of the molecule is CCCCCCCCOCc1ccc(CN)o1. The van der Waals surface area contributed by atoms with Crippen molar-refractivity contribution in [2.24, 2.45) is 5.73 Å². The smallest absolute Gasteiger partial charge is 0.129 e. The highest BCUT2D eigenvalue weighted by atomic mass is 16.5. The van der Waals surface area contributed by atoms with Gasteiger partial charge in [-0.3, -0.25) is 0 Å². The topological polar surface area (TPSA) is 48.4 Å². The van der Waals surface area contributed by atoms with Crippen LogP contribution in [-0.4, -0.2) is 6.61 Å². The first kappa shape index (κ1) is 14.3. The van der Waals surface area contributed by atoms with E-state index in [9.17, 15) is 0 Å². The second kappa shape index (κ2) is 9.25. The lowest BCUT2D eigenvalue weighted by atomic mass is 10.1. The number of hydrogen-bond acceptors (Lipinski definition) is 3. The van der Waals surface area contributed by atoms with E-state index >= 15 is 0 Å². The van der Waals surface area contributed by atoms with Crippen LogP contribution in [0.3, 0.4) is 0 Å².